The number of aromatic nitrogens is 2. The molecule has 1 fully saturated rings. The number of benzene rings is 1. The molecule has 2 atom stereocenters. The molecule has 112 valence electrons. The summed E-state index contributed by atoms with van der Waals surface area (Å²) < 4.78 is 5.34. The van der Waals surface area contributed by atoms with Gasteiger partial charge >= 0.3 is 0 Å². The van der Waals surface area contributed by atoms with E-state index in [1.165, 1.54) is 24.8 Å². The molecule has 1 N–H and O–H groups in total. The Labute approximate surface area is 129 Å². The molecule has 2 aromatic rings. The highest BCUT2D eigenvalue weighted by molar-refractivity contribution is 7.99. The Bertz CT molecular complexity index is 558. The van der Waals surface area contributed by atoms with Crippen LogP contribution in [0.3, 0.4) is 0 Å². The van der Waals surface area contributed by atoms with E-state index in [2.05, 4.69) is 33.8 Å². The summed E-state index contributed by atoms with van der Waals surface area (Å²) >= 11 is 1.95. The summed E-state index contributed by atoms with van der Waals surface area (Å²) in [6.45, 7) is 0.670. The van der Waals surface area contributed by atoms with Gasteiger partial charge in [0, 0.05) is 17.7 Å². The van der Waals surface area contributed by atoms with Crippen LogP contribution in [0.5, 0.6) is 0 Å². The molecule has 21 heavy (non-hydrogen) atoms. The summed E-state index contributed by atoms with van der Waals surface area (Å²) in [5.41, 5.74) is 1.20. The molecule has 0 radical (unpaired) electrons. The van der Waals surface area contributed by atoms with Crippen LogP contribution >= 0.6 is 11.8 Å². The lowest BCUT2D eigenvalue weighted by Crippen LogP contribution is -2.33. The molecule has 3 rings (SSSR count). The maximum atomic E-state index is 5.34. The van der Waals surface area contributed by atoms with Gasteiger partial charge in [-0.05, 0) is 24.7 Å². The largest absolute Gasteiger partial charge is 0.338 e. The Balaban J connectivity index is 1.53. The van der Waals surface area contributed by atoms with Crippen molar-refractivity contribution in [1.82, 2.24) is 15.5 Å². The molecule has 0 bridgehead atoms. The van der Waals surface area contributed by atoms with Crippen molar-refractivity contribution < 1.29 is 4.52 Å². The summed E-state index contributed by atoms with van der Waals surface area (Å²) in [6.07, 6.45) is 6.78. The van der Waals surface area contributed by atoms with Crippen LogP contribution in [-0.2, 0) is 13.0 Å². The Morgan fingerprint density at radius 2 is 2.14 bits per heavy atom. The molecule has 1 aromatic carbocycles. The molecule has 0 aliphatic heterocycles. The van der Waals surface area contributed by atoms with E-state index in [4.69, 9.17) is 4.52 Å². The second-order valence-electron chi connectivity index (χ2n) is 5.46. The third-order valence-corrected chi connectivity index (χ3v) is 5.16. The van der Waals surface area contributed by atoms with Crippen molar-refractivity contribution in [3.8, 4) is 0 Å². The minimum atomic E-state index is 0.574. The van der Waals surface area contributed by atoms with Gasteiger partial charge in [-0.1, -0.05) is 41.9 Å². The van der Waals surface area contributed by atoms with E-state index in [0.29, 0.717) is 18.5 Å². The molecule has 1 aliphatic rings. The van der Waals surface area contributed by atoms with Gasteiger partial charge in [-0.3, -0.25) is 0 Å². The molecule has 5 heteroatoms. The predicted molar refractivity (Wildman–Crippen MR) is 85.3 cm³/mol. The average Bonchev–Trinajstić information content (AvgIpc) is 3.15. The molecule has 0 amide bonds. The first-order valence-electron chi connectivity index (χ1n) is 7.46. The van der Waals surface area contributed by atoms with E-state index in [0.717, 1.165) is 17.5 Å². The standard InChI is InChI=1S/C16H21N3OS/c1-21-14-9-5-8-13(14)17-11-16-18-15(19-20-16)10-12-6-3-2-4-7-12/h2-4,6-7,13-14,17H,5,8-11H2,1H3. The van der Waals surface area contributed by atoms with E-state index in [1.54, 1.807) is 0 Å². The Morgan fingerprint density at radius 1 is 1.29 bits per heavy atom. The highest BCUT2D eigenvalue weighted by Gasteiger charge is 2.26. The predicted octanol–water partition coefficient (Wildman–Crippen LogP) is 3.03. The molecule has 0 spiro atoms. The first-order valence-corrected chi connectivity index (χ1v) is 8.75. The van der Waals surface area contributed by atoms with E-state index in [-0.39, 0.29) is 0 Å². The van der Waals surface area contributed by atoms with E-state index in [9.17, 15) is 0 Å². The van der Waals surface area contributed by atoms with Gasteiger partial charge in [0.25, 0.3) is 0 Å². The molecule has 4 nitrogen and oxygen atoms in total. The second kappa shape index (κ2) is 7.09. The van der Waals surface area contributed by atoms with Gasteiger partial charge < -0.3 is 9.84 Å². The lowest BCUT2D eigenvalue weighted by atomic mass is 10.1. The van der Waals surface area contributed by atoms with E-state index >= 15 is 0 Å². The van der Waals surface area contributed by atoms with Gasteiger partial charge in [0.15, 0.2) is 5.82 Å². The van der Waals surface area contributed by atoms with Crippen LogP contribution in [0.4, 0.5) is 0 Å². The molecule has 1 aromatic heterocycles. The maximum Gasteiger partial charge on any atom is 0.240 e. The maximum absolute atomic E-state index is 5.34. The van der Waals surface area contributed by atoms with E-state index in [1.807, 2.05) is 30.0 Å². The number of rotatable bonds is 6. The molecular formula is C16H21N3OS. The van der Waals surface area contributed by atoms with Gasteiger partial charge in [-0.2, -0.15) is 16.7 Å². The van der Waals surface area contributed by atoms with Gasteiger partial charge in [-0.25, -0.2) is 0 Å². The zero-order chi connectivity index (χ0) is 14.5. The average molecular weight is 303 g/mol. The highest BCUT2D eigenvalue weighted by Crippen LogP contribution is 2.28. The van der Waals surface area contributed by atoms with Crippen LogP contribution < -0.4 is 5.32 Å². The summed E-state index contributed by atoms with van der Waals surface area (Å²) in [5, 5.41) is 8.34. The van der Waals surface area contributed by atoms with Crippen LogP contribution in [0.1, 0.15) is 36.5 Å². The summed E-state index contributed by atoms with van der Waals surface area (Å²) in [5.74, 6) is 1.44. The van der Waals surface area contributed by atoms with Crippen LogP contribution in [0.15, 0.2) is 34.9 Å². The number of hydrogen-bond acceptors (Lipinski definition) is 5. The quantitative estimate of drug-likeness (QED) is 0.889. The molecular weight excluding hydrogens is 282 g/mol. The molecule has 2 unspecified atom stereocenters. The fourth-order valence-corrected chi connectivity index (χ4v) is 3.84. The number of nitrogens with zero attached hydrogens (tertiary/aromatic N) is 2. The van der Waals surface area contributed by atoms with E-state index < -0.39 is 0 Å². The zero-order valence-electron chi connectivity index (χ0n) is 12.3. The van der Waals surface area contributed by atoms with Crippen LogP contribution in [0.2, 0.25) is 0 Å². The van der Waals surface area contributed by atoms with Crippen molar-refractivity contribution in [2.75, 3.05) is 6.26 Å². The minimum Gasteiger partial charge on any atom is -0.338 e. The van der Waals surface area contributed by atoms with Crippen molar-refractivity contribution in [2.24, 2.45) is 0 Å². The first kappa shape index (κ1) is 14.6. The lowest BCUT2D eigenvalue weighted by Gasteiger charge is -2.17. The van der Waals surface area contributed by atoms with Crippen molar-refractivity contribution in [3.05, 3.63) is 47.6 Å². The van der Waals surface area contributed by atoms with Gasteiger partial charge in [0.05, 0.1) is 6.54 Å². The number of nitrogens with one attached hydrogen (secondary N) is 1. The SMILES string of the molecule is CSC1CCCC1NCc1nc(Cc2ccccc2)no1. The van der Waals surface area contributed by atoms with Crippen LogP contribution in [0.25, 0.3) is 0 Å². The van der Waals surface area contributed by atoms with Crippen molar-refractivity contribution >= 4 is 11.8 Å². The minimum absolute atomic E-state index is 0.574. The van der Waals surface area contributed by atoms with Crippen molar-refractivity contribution in [2.45, 2.75) is 43.5 Å². The molecule has 1 heterocycles. The second-order valence-corrected chi connectivity index (χ2v) is 6.54. The Morgan fingerprint density at radius 3 is 2.95 bits per heavy atom. The Kier molecular flexibility index (Phi) is 4.93. The smallest absolute Gasteiger partial charge is 0.240 e. The normalized spacial score (nSPS) is 21.8. The van der Waals surface area contributed by atoms with Crippen LogP contribution in [0, 0.1) is 0 Å². The summed E-state index contributed by atoms with van der Waals surface area (Å²) in [6, 6.07) is 10.8. The summed E-state index contributed by atoms with van der Waals surface area (Å²) in [4.78, 5) is 4.47. The van der Waals surface area contributed by atoms with Gasteiger partial charge in [0.2, 0.25) is 5.89 Å². The van der Waals surface area contributed by atoms with Crippen molar-refractivity contribution in [1.29, 1.82) is 0 Å². The molecule has 0 saturated heterocycles. The fourth-order valence-electron chi connectivity index (χ4n) is 2.87. The summed E-state index contributed by atoms with van der Waals surface area (Å²) in [7, 11) is 0. The third kappa shape index (κ3) is 3.86. The first-order chi connectivity index (χ1) is 10.3. The monoisotopic (exact) mass is 303 g/mol. The van der Waals surface area contributed by atoms with Gasteiger partial charge in [-0.15, -0.1) is 0 Å². The molecule has 1 aliphatic carbocycles. The van der Waals surface area contributed by atoms with Gasteiger partial charge in [0.1, 0.15) is 0 Å². The number of thioether (sulfide) groups is 1. The Hall–Kier alpha value is -1.33. The highest BCUT2D eigenvalue weighted by atomic mass is 32.2. The number of hydrogen-bond donors (Lipinski definition) is 1. The van der Waals surface area contributed by atoms with Crippen LogP contribution in [-0.4, -0.2) is 27.7 Å². The fraction of sp³-hybridized carbons (Fsp3) is 0.500. The molecule has 1 saturated carbocycles. The zero-order valence-corrected chi connectivity index (χ0v) is 13.1. The topological polar surface area (TPSA) is 51.0 Å². The van der Waals surface area contributed by atoms with Crippen molar-refractivity contribution in [3.63, 3.8) is 0 Å². The third-order valence-electron chi connectivity index (χ3n) is 3.99. The lowest BCUT2D eigenvalue weighted by molar-refractivity contribution is 0.354.